The largest absolute Gasteiger partial charge is 0.481 e. The van der Waals surface area contributed by atoms with Crippen molar-refractivity contribution in [2.75, 3.05) is 0 Å². The van der Waals surface area contributed by atoms with E-state index >= 15 is 0 Å². The molecule has 74 valence electrons. The molecule has 1 aromatic heterocycles. The van der Waals surface area contributed by atoms with Crippen LogP contribution < -0.4 is 0 Å². The Hall–Kier alpha value is -1.45. The fourth-order valence-corrected chi connectivity index (χ4v) is 1.96. The van der Waals surface area contributed by atoms with E-state index in [1.54, 1.807) is 6.20 Å². The van der Waals surface area contributed by atoms with Crippen molar-refractivity contribution in [1.82, 2.24) is 9.97 Å². The monoisotopic (exact) mass is 192 g/mol. The summed E-state index contributed by atoms with van der Waals surface area (Å²) in [5, 5.41) is 8.71. The van der Waals surface area contributed by atoms with Gasteiger partial charge in [0.25, 0.3) is 0 Å². The van der Waals surface area contributed by atoms with Crippen LogP contribution in [0.1, 0.15) is 35.8 Å². The maximum absolute atomic E-state index is 10.6. The van der Waals surface area contributed by atoms with Gasteiger partial charge in [-0.1, -0.05) is 0 Å². The second kappa shape index (κ2) is 3.36. The number of carbonyl (C=O) groups is 1. The molecule has 0 aromatic carbocycles. The Morgan fingerprint density at radius 1 is 1.71 bits per heavy atom. The molecule has 0 radical (unpaired) electrons. The second-order valence-corrected chi connectivity index (χ2v) is 3.65. The topological polar surface area (TPSA) is 63.1 Å². The number of nitrogens with zero attached hydrogens (tertiary/aromatic N) is 2. The second-order valence-electron chi connectivity index (χ2n) is 3.65. The van der Waals surface area contributed by atoms with Gasteiger partial charge in [0.1, 0.15) is 5.82 Å². The fourth-order valence-electron chi connectivity index (χ4n) is 1.96. The minimum absolute atomic E-state index is 0.114. The zero-order valence-corrected chi connectivity index (χ0v) is 8.03. The summed E-state index contributed by atoms with van der Waals surface area (Å²) >= 11 is 0. The Morgan fingerprint density at radius 3 is 3.21 bits per heavy atom. The lowest BCUT2D eigenvalue weighted by Crippen LogP contribution is -2.04. The van der Waals surface area contributed by atoms with Crippen LogP contribution in [0.4, 0.5) is 0 Å². The maximum Gasteiger partial charge on any atom is 0.303 e. The van der Waals surface area contributed by atoms with E-state index in [9.17, 15) is 4.79 Å². The van der Waals surface area contributed by atoms with Gasteiger partial charge in [-0.3, -0.25) is 4.79 Å². The Bertz CT molecular complexity index is 376. The summed E-state index contributed by atoms with van der Waals surface area (Å²) in [7, 11) is 0. The summed E-state index contributed by atoms with van der Waals surface area (Å²) in [6.07, 6.45) is 3.74. The van der Waals surface area contributed by atoms with Gasteiger partial charge in [-0.05, 0) is 31.2 Å². The van der Waals surface area contributed by atoms with E-state index in [1.807, 2.05) is 6.92 Å². The van der Waals surface area contributed by atoms with E-state index < -0.39 is 5.97 Å². The third-order valence-electron chi connectivity index (χ3n) is 2.61. The SMILES string of the molecule is Cc1ncc2c(n1)CCC2CC(=O)O. The lowest BCUT2D eigenvalue weighted by Gasteiger charge is -2.06. The maximum atomic E-state index is 10.6. The fraction of sp³-hybridized carbons (Fsp3) is 0.500. The highest BCUT2D eigenvalue weighted by atomic mass is 16.4. The number of carboxylic acids is 1. The molecule has 1 heterocycles. The summed E-state index contributed by atoms with van der Waals surface area (Å²) in [5.41, 5.74) is 2.06. The van der Waals surface area contributed by atoms with Gasteiger partial charge in [-0.15, -0.1) is 0 Å². The van der Waals surface area contributed by atoms with Gasteiger partial charge in [-0.2, -0.15) is 0 Å². The summed E-state index contributed by atoms with van der Waals surface area (Å²) in [5.74, 6) is 0.131. The van der Waals surface area contributed by atoms with Crippen LogP contribution in [0, 0.1) is 6.92 Å². The number of hydrogen-bond acceptors (Lipinski definition) is 3. The standard InChI is InChI=1S/C10H12N2O2/c1-6-11-5-8-7(4-10(13)14)2-3-9(8)12-6/h5,7H,2-4H2,1H3,(H,13,14). The Balaban J connectivity index is 2.26. The highest BCUT2D eigenvalue weighted by Crippen LogP contribution is 2.33. The number of rotatable bonds is 2. The first-order valence-corrected chi connectivity index (χ1v) is 4.71. The van der Waals surface area contributed by atoms with Crippen molar-refractivity contribution in [1.29, 1.82) is 0 Å². The highest BCUT2D eigenvalue weighted by molar-refractivity contribution is 5.68. The minimum atomic E-state index is -0.747. The molecular weight excluding hydrogens is 180 g/mol. The molecule has 1 unspecified atom stereocenters. The summed E-state index contributed by atoms with van der Waals surface area (Å²) in [6.45, 7) is 1.85. The first-order chi connectivity index (χ1) is 6.66. The average molecular weight is 192 g/mol. The first-order valence-electron chi connectivity index (χ1n) is 4.71. The molecule has 0 amide bonds. The average Bonchev–Trinajstić information content (AvgIpc) is 2.47. The quantitative estimate of drug-likeness (QED) is 0.766. The van der Waals surface area contributed by atoms with Gasteiger partial charge in [0, 0.05) is 11.9 Å². The van der Waals surface area contributed by atoms with Gasteiger partial charge in [-0.25, -0.2) is 9.97 Å². The van der Waals surface area contributed by atoms with Crippen LogP contribution >= 0.6 is 0 Å². The van der Waals surface area contributed by atoms with E-state index in [0.717, 1.165) is 29.9 Å². The van der Waals surface area contributed by atoms with Gasteiger partial charge < -0.3 is 5.11 Å². The van der Waals surface area contributed by atoms with Crippen LogP contribution in [-0.2, 0) is 11.2 Å². The van der Waals surface area contributed by atoms with Crippen molar-refractivity contribution in [2.24, 2.45) is 0 Å². The number of aryl methyl sites for hydroxylation is 2. The van der Waals surface area contributed by atoms with Crippen LogP contribution in [0.15, 0.2) is 6.20 Å². The Labute approximate surface area is 82.0 Å². The third-order valence-corrected chi connectivity index (χ3v) is 2.61. The number of aromatic nitrogens is 2. The Morgan fingerprint density at radius 2 is 2.50 bits per heavy atom. The normalized spacial score (nSPS) is 19.4. The molecule has 1 aliphatic rings. The molecule has 2 rings (SSSR count). The van der Waals surface area contributed by atoms with Crippen LogP contribution in [0.2, 0.25) is 0 Å². The van der Waals surface area contributed by atoms with E-state index in [0.29, 0.717) is 0 Å². The first kappa shape index (κ1) is 9.12. The van der Waals surface area contributed by atoms with Crippen molar-refractivity contribution in [2.45, 2.75) is 32.1 Å². The van der Waals surface area contributed by atoms with Crippen molar-refractivity contribution >= 4 is 5.97 Å². The number of fused-ring (bicyclic) bond motifs is 1. The van der Waals surface area contributed by atoms with Crippen LogP contribution in [0.5, 0.6) is 0 Å². The van der Waals surface area contributed by atoms with Crippen LogP contribution in [0.3, 0.4) is 0 Å². The van der Waals surface area contributed by atoms with Gasteiger partial charge in [0.05, 0.1) is 6.42 Å². The smallest absolute Gasteiger partial charge is 0.303 e. The van der Waals surface area contributed by atoms with Crippen LogP contribution in [0.25, 0.3) is 0 Å². The van der Waals surface area contributed by atoms with Crippen molar-refractivity contribution < 1.29 is 9.90 Å². The Kier molecular flexibility index (Phi) is 2.19. The molecule has 4 nitrogen and oxygen atoms in total. The molecule has 0 saturated heterocycles. The van der Waals surface area contributed by atoms with Gasteiger partial charge >= 0.3 is 5.97 Å². The molecule has 0 aliphatic heterocycles. The molecule has 14 heavy (non-hydrogen) atoms. The predicted molar refractivity (Wildman–Crippen MR) is 50.1 cm³/mol. The van der Waals surface area contributed by atoms with E-state index in [-0.39, 0.29) is 12.3 Å². The van der Waals surface area contributed by atoms with Gasteiger partial charge in [0.2, 0.25) is 0 Å². The molecule has 1 atom stereocenters. The summed E-state index contributed by atoms with van der Waals surface area (Å²) in [6, 6.07) is 0. The van der Waals surface area contributed by atoms with E-state index in [1.165, 1.54) is 0 Å². The van der Waals surface area contributed by atoms with Crippen LogP contribution in [-0.4, -0.2) is 21.0 Å². The molecule has 1 aromatic rings. The van der Waals surface area contributed by atoms with Crippen molar-refractivity contribution in [3.63, 3.8) is 0 Å². The lowest BCUT2D eigenvalue weighted by atomic mass is 10.0. The van der Waals surface area contributed by atoms with Crippen molar-refractivity contribution in [3.05, 3.63) is 23.3 Å². The molecule has 4 heteroatoms. The number of carboxylic acid groups (broad SMARTS) is 1. The molecule has 0 fully saturated rings. The van der Waals surface area contributed by atoms with E-state index in [2.05, 4.69) is 9.97 Å². The number of hydrogen-bond donors (Lipinski definition) is 1. The lowest BCUT2D eigenvalue weighted by molar-refractivity contribution is -0.137. The summed E-state index contributed by atoms with van der Waals surface area (Å²) in [4.78, 5) is 19.0. The highest BCUT2D eigenvalue weighted by Gasteiger charge is 2.25. The third kappa shape index (κ3) is 1.60. The minimum Gasteiger partial charge on any atom is -0.481 e. The molecule has 0 saturated carbocycles. The van der Waals surface area contributed by atoms with Crippen molar-refractivity contribution in [3.8, 4) is 0 Å². The zero-order valence-electron chi connectivity index (χ0n) is 8.03. The van der Waals surface area contributed by atoms with E-state index in [4.69, 9.17) is 5.11 Å². The molecule has 0 bridgehead atoms. The molecule has 1 aliphatic carbocycles. The summed E-state index contributed by atoms with van der Waals surface area (Å²) < 4.78 is 0. The molecular formula is C10H12N2O2. The zero-order chi connectivity index (χ0) is 10.1. The molecule has 1 N–H and O–H groups in total. The molecule has 0 spiro atoms. The van der Waals surface area contributed by atoms with Gasteiger partial charge in [0.15, 0.2) is 0 Å². The predicted octanol–water partition coefficient (Wildman–Crippen LogP) is 1.29. The number of aliphatic carboxylic acids is 1.